The highest BCUT2D eigenvalue weighted by Crippen LogP contribution is 2.37. The Morgan fingerprint density at radius 2 is 2.04 bits per heavy atom. The summed E-state index contributed by atoms with van der Waals surface area (Å²) < 4.78 is 18.8. The molecule has 0 fully saturated rings. The van der Waals surface area contributed by atoms with Gasteiger partial charge in [0.25, 0.3) is 5.91 Å². The predicted octanol–water partition coefficient (Wildman–Crippen LogP) is 4.47. The van der Waals surface area contributed by atoms with E-state index in [4.69, 9.17) is 16.3 Å². The van der Waals surface area contributed by atoms with E-state index in [9.17, 15) is 9.18 Å². The number of thiophene rings is 1. The van der Waals surface area contributed by atoms with Gasteiger partial charge in [0.2, 0.25) is 0 Å². The Morgan fingerprint density at radius 1 is 1.29 bits per heavy atom. The first kappa shape index (κ1) is 16.4. The zero-order valence-corrected chi connectivity index (χ0v) is 14.1. The van der Waals surface area contributed by atoms with E-state index in [1.165, 1.54) is 29.7 Å². The van der Waals surface area contributed by atoms with Gasteiger partial charge in [-0.3, -0.25) is 4.79 Å². The number of hydrogen-bond donors (Lipinski definition) is 1. The maximum absolute atomic E-state index is 12.8. The number of rotatable bonds is 4. The van der Waals surface area contributed by atoms with E-state index in [1.54, 1.807) is 25.3 Å². The van der Waals surface area contributed by atoms with E-state index in [2.05, 4.69) is 10.5 Å². The molecule has 0 spiro atoms. The fourth-order valence-corrected chi connectivity index (χ4v) is 3.52. The Kier molecular flexibility index (Phi) is 4.78. The Morgan fingerprint density at radius 3 is 2.75 bits per heavy atom. The van der Waals surface area contributed by atoms with E-state index in [-0.39, 0.29) is 5.82 Å². The summed E-state index contributed by atoms with van der Waals surface area (Å²) in [6.45, 7) is 0. The van der Waals surface area contributed by atoms with Crippen molar-refractivity contribution < 1.29 is 13.9 Å². The van der Waals surface area contributed by atoms with Crippen molar-refractivity contribution in [1.82, 2.24) is 5.43 Å². The van der Waals surface area contributed by atoms with Crippen LogP contribution in [-0.4, -0.2) is 19.2 Å². The zero-order valence-electron chi connectivity index (χ0n) is 12.5. The van der Waals surface area contributed by atoms with E-state index in [0.717, 1.165) is 10.1 Å². The highest BCUT2D eigenvalue weighted by atomic mass is 35.5. The molecule has 0 aliphatic carbocycles. The fourth-order valence-electron chi connectivity index (χ4n) is 2.08. The summed E-state index contributed by atoms with van der Waals surface area (Å²) in [6, 6.07) is 11.2. The molecule has 0 bridgehead atoms. The van der Waals surface area contributed by atoms with Crippen LogP contribution in [0.1, 0.15) is 15.2 Å². The molecule has 1 N–H and O–H groups in total. The third-order valence-electron chi connectivity index (χ3n) is 3.29. The van der Waals surface area contributed by atoms with Gasteiger partial charge < -0.3 is 4.74 Å². The van der Waals surface area contributed by atoms with Crippen LogP contribution in [0.3, 0.4) is 0 Å². The van der Waals surface area contributed by atoms with Crippen molar-refractivity contribution in [3.05, 3.63) is 63.7 Å². The van der Waals surface area contributed by atoms with Gasteiger partial charge in [-0.25, -0.2) is 9.82 Å². The number of nitrogens with zero attached hydrogens (tertiary/aromatic N) is 1. The Balaban J connectivity index is 1.78. The second kappa shape index (κ2) is 6.98. The lowest BCUT2D eigenvalue weighted by Crippen LogP contribution is -2.16. The van der Waals surface area contributed by atoms with Gasteiger partial charge in [-0.15, -0.1) is 11.3 Å². The molecule has 0 saturated heterocycles. The number of halogens is 2. The monoisotopic (exact) mass is 362 g/mol. The molecule has 0 radical (unpaired) electrons. The lowest BCUT2D eigenvalue weighted by atomic mass is 10.2. The van der Waals surface area contributed by atoms with E-state index >= 15 is 0 Å². The van der Waals surface area contributed by atoms with Gasteiger partial charge in [-0.1, -0.05) is 23.7 Å². The fraction of sp³-hybridized carbons (Fsp3) is 0.0588. The van der Waals surface area contributed by atoms with Crippen LogP contribution in [-0.2, 0) is 0 Å². The van der Waals surface area contributed by atoms with Gasteiger partial charge in [0.15, 0.2) is 0 Å². The number of carbonyl (C=O) groups excluding carboxylic acids is 1. The molecule has 3 rings (SSSR count). The molecule has 1 heterocycles. The second-order valence-corrected chi connectivity index (χ2v) is 6.29. The molecular weight excluding hydrogens is 351 g/mol. The number of amides is 1. The van der Waals surface area contributed by atoms with E-state index in [1.807, 2.05) is 12.1 Å². The molecule has 0 saturated carbocycles. The van der Waals surface area contributed by atoms with Crippen LogP contribution in [0.15, 0.2) is 47.6 Å². The number of fused-ring (bicyclic) bond motifs is 1. The van der Waals surface area contributed by atoms with Gasteiger partial charge in [-0.2, -0.15) is 5.10 Å². The summed E-state index contributed by atoms with van der Waals surface area (Å²) in [5, 5.41) is 5.04. The third-order valence-corrected chi connectivity index (χ3v) is 4.95. The van der Waals surface area contributed by atoms with Crippen molar-refractivity contribution in [3.8, 4) is 5.75 Å². The highest BCUT2D eigenvalue weighted by molar-refractivity contribution is 7.21. The molecule has 0 atom stereocenters. The zero-order chi connectivity index (χ0) is 17.1. The first-order valence-corrected chi connectivity index (χ1v) is 8.13. The first-order valence-electron chi connectivity index (χ1n) is 6.93. The standard InChI is InChI=1S/C17H12ClFN2O2S/c1-23-12-6-7-13-14(8-12)24-16(15(13)18)17(22)21-20-9-10-2-4-11(19)5-3-10/h2-9H,1H3,(H,21,22)/b20-9+. The lowest BCUT2D eigenvalue weighted by Gasteiger charge is -1.98. The third kappa shape index (κ3) is 3.39. The summed E-state index contributed by atoms with van der Waals surface area (Å²) in [4.78, 5) is 12.6. The predicted molar refractivity (Wildman–Crippen MR) is 94.8 cm³/mol. The Bertz CT molecular complexity index is 922. The minimum absolute atomic E-state index is 0.330. The minimum Gasteiger partial charge on any atom is -0.497 e. The summed E-state index contributed by atoms with van der Waals surface area (Å²) in [7, 11) is 1.58. The molecule has 122 valence electrons. The van der Waals surface area contributed by atoms with E-state index < -0.39 is 5.91 Å². The SMILES string of the molecule is COc1ccc2c(Cl)c(C(=O)N/N=C/c3ccc(F)cc3)sc2c1. The summed E-state index contributed by atoms with van der Waals surface area (Å²) in [5.41, 5.74) is 3.09. The number of hydrazone groups is 1. The molecule has 7 heteroatoms. The molecule has 1 aromatic heterocycles. The Hall–Kier alpha value is -2.44. The van der Waals surface area contributed by atoms with Crippen molar-refractivity contribution in [2.75, 3.05) is 7.11 Å². The molecule has 0 unspecified atom stereocenters. The number of nitrogens with one attached hydrogen (secondary N) is 1. The average molecular weight is 363 g/mol. The number of methoxy groups -OCH3 is 1. The van der Waals surface area contributed by atoms with Crippen LogP contribution in [0.4, 0.5) is 4.39 Å². The second-order valence-electron chi connectivity index (χ2n) is 4.86. The smallest absolute Gasteiger partial charge is 0.283 e. The van der Waals surface area contributed by atoms with Crippen molar-refractivity contribution in [3.63, 3.8) is 0 Å². The summed E-state index contributed by atoms with van der Waals surface area (Å²) in [6.07, 6.45) is 1.43. The minimum atomic E-state index is -0.404. The molecule has 4 nitrogen and oxygen atoms in total. The van der Waals surface area contributed by atoms with Crippen molar-refractivity contribution in [2.24, 2.45) is 5.10 Å². The number of hydrogen-bond acceptors (Lipinski definition) is 4. The molecule has 3 aromatic rings. The quantitative estimate of drug-likeness (QED) is 0.550. The number of carbonyl (C=O) groups is 1. The van der Waals surface area contributed by atoms with Crippen LogP contribution in [0.25, 0.3) is 10.1 Å². The van der Waals surface area contributed by atoms with Crippen molar-refractivity contribution in [2.45, 2.75) is 0 Å². The maximum atomic E-state index is 12.8. The van der Waals surface area contributed by atoms with Crippen LogP contribution in [0, 0.1) is 5.82 Å². The van der Waals surface area contributed by atoms with Crippen LogP contribution in [0.2, 0.25) is 5.02 Å². The van der Waals surface area contributed by atoms with Crippen LogP contribution >= 0.6 is 22.9 Å². The number of benzene rings is 2. The summed E-state index contributed by atoms with van der Waals surface area (Å²) >= 11 is 7.54. The topological polar surface area (TPSA) is 50.7 Å². The van der Waals surface area contributed by atoms with Gasteiger partial charge in [0.1, 0.15) is 16.4 Å². The van der Waals surface area contributed by atoms with Gasteiger partial charge in [0.05, 0.1) is 18.3 Å². The average Bonchev–Trinajstić information content (AvgIpc) is 2.93. The molecule has 0 aliphatic rings. The molecular formula is C17H12ClFN2O2S. The van der Waals surface area contributed by atoms with Gasteiger partial charge in [0, 0.05) is 10.1 Å². The Labute approximate surface area is 146 Å². The van der Waals surface area contributed by atoms with Crippen molar-refractivity contribution >= 4 is 45.1 Å². The molecule has 1 amide bonds. The van der Waals surface area contributed by atoms with Crippen LogP contribution < -0.4 is 10.2 Å². The summed E-state index contributed by atoms with van der Waals surface area (Å²) in [5.74, 6) is -0.0381. The largest absolute Gasteiger partial charge is 0.497 e. The number of ether oxygens (including phenoxy) is 1. The first-order chi connectivity index (χ1) is 11.6. The normalized spacial score (nSPS) is 11.1. The maximum Gasteiger partial charge on any atom is 0.283 e. The molecule has 0 aliphatic heterocycles. The highest BCUT2D eigenvalue weighted by Gasteiger charge is 2.17. The lowest BCUT2D eigenvalue weighted by molar-refractivity contribution is 0.0959. The molecule has 2 aromatic carbocycles. The molecule has 24 heavy (non-hydrogen) atoms. The van der Waals surface area contributed by atoms with Crippen molar-refractivity contribution in [1.29, 1.82) is 0 Å². The van der Waals surface area contributed by atoms with Crippen LogP contribution in [0.5, 0.6) is 5.75 Å². The van der Waals surface area contributed by atoms with Gasteiger partial charge in [-0.05, 0) is 35.9 Å². The van der Waals surface area contributed by atoms with E-state index in [0.29, 0.717) is 21.2 Å². The van der Waals surface area contributed by atoms with Gasteiger partial charge >= 0.3 is 0 Å².